The van der Waals surface area contributed by atoms with Crippen molar-refractivity contribution in [2.24, 2.45) is 0 Å². The van der Waals surface area contributed by atoms with Crippen molar-refractivity contribution >= 4 is 17.4 Å². The predicted octanol–water partition coefficient (Wildman–Crippen LogP) is 2.95. The Morgan fingerprint density at radius 1 is 1.17 bits per heavy atom. The summed E-state index contributed by atoms with van der Waals surface area (Å²) in [7, 11) is 1.59. The molecule has 0 fully saturated rings. The van der Waals surface area contributed by atoms with Gasteiger partial charge in [-0.05, 0) is 51.2 Å². The molecule has 0 amide bonds. The fourth-order valence-electron chi connectivity index (χ4n) is 3.90. The quantitative estimate of drug-likeness (QED) is 0.234. The Morgan fingerprint density at radius 3 is 2.50 bits per heavy atom. The Kier molecular flexibility index (Phi) is 8.39. The number of ether oxygens (including phenoxy) is 3. The third-order valence-electron chi connectivity index (χ3n) is 6.08. The topological polar surface area (TPSA) is 125 Å². The average Bonchev–Trinajstić information content (AvgIpc) is 3.14. The van der Waals surface area contributed by atoms with E-state index in [1.54, 1.807) is 13.2 Å². The first-order valence-corrected chi connectivity index (χ1v) is 12.2. The number of benzene rings is 1. The maximum Gasteiger partial charge on any atom is 0.401 e. The molecule has 2 aromatic heterocycles. The van der Waals surface area contributed by atoms with Crippen LogP contribution >= 0.6 is 0 Å². The minimum atomic E-state index is -0.297. The second-order valence-electron chi connectivity index (χ2n) is 9.75. The van der Waals surface area contributed by atoms with Gasteiger partial charge in [-0.1, -0.05) is 35.5 Å². The highest BCUT2D eigenvalue weighted by Gasteiger charge is 2.28. The molecule has 10 heteroatoms. The molecular weight excluding hydrogens is 462 g/mol. The van der Waals surface area contributed by atoms with E-state index in [0.29, 0.717) is 54.6 Å². The molecule has 3 aromatic rings. The van der Waals surface area contributed by atoms with Crippen LogP contribution in [-0.2, 0) is 12.0 Å². The maximum atomic E-state index is 13.5. The fraction of sp³-hybridized carbons (Fsp3) is 0.538. The molecule has 36 heavy (non-hydrogen) atoms. The highest BCUT2D eigenvalue weighted by molar-refractivity contribution is 5.96. The van der Waals surface area contributed by atoms with Gasteiger partial charge >= 0.3 is 5.95 Å². The highest BCUT2D eigenvalue weighted by Crippen LogP contribution is 2.40. The Morgan fingerprint density at radius 2 is 1.89 bits per heavy atom. The van der Waals surface area contributed by atoms with Crippen LogP contribution in [0.4, 0.5) is 5.95 Å². The van der Waals surface area contributed by atoms with Crippen molar-refractivity contribution in [3.05, 3.63) is 34.4 Å². The summed E-state index contributed by atoms with van der Waals surface area (Å²) in [5, 5.41) is 18.1. The number of Topliss-reactive ketones (excluding diaryl/α,β-unsaturated/α-hetero) is 1. The Bertz CT molecular complexity index is 1250. The van der Waals surface area contributed by atoms with Crippen LogP contribution < -0.4 is 24.6 Å². The van der Waals surface area contributed by atoms with Gasteiger partial charge in [0, 0.05) is 28.9 Å². The summed E-state index contributed by atoms with van der Waals surface area (Å²) in [6.45, 7) is 12.8. The lowest BCUT2D eigenvalue weighted by atomic mass is 9.84. The van der Waals surface area contributed by atoms with Crippen LogP contribution in [0.5, 0.6) is 17.4 Å². The number of anilines is 1. The summed E-state index contributed by atoms with van der Waals surface area (Å²) < 4.78 is 20.3. The van der Waals surface area contributed by atoms with E-state index in [4.69, 9.17) is 25.1 Å². The SMILES string of the molecule is CCOc1nn2c(N)[n+](CC(=O)c3cc(OCCCCO)c(OC)c(C(C)(C)C)c3)nc2c(C)c1C. The van der Waals surface area contributed by atoms with Crippen molar-refractivity contribution in [2.45, 2.75) is 66.3 Å². The van der Waals surface area contributed by atoms with E-state index in [1.165, 1.54) is 9.20 Å². The van der Waals surface area contributed by atoms with E-state index in [0.717, 1.165) is 16.7 Å². The van der Waals surface area contributed by atoms with E-state index >= 15 is 0 Å². The zero-order valence-corrected chi connectivity index (χ0v) is 22.3. The van der Waals surface area contributed by atoms with Crippen molar-refractivity contribution in [1.29, 1.82) is 0 Å². The molecule has 196 valence electrons. The van der Waals surface area contributed by atoms with Crippen LogP contribution in [-0.4, -0.2) is 52.5 Å². The molecule has 0 aliphatic carbocycles. The van der Waals surface area contributed by atoms with Gasteiger partial charge in [0.15, 0.2) is 23.8 Å². The van der Waals surface area contributed by atoms with Gasteiger partial charge in [-0.2, -0.15) is 0 Å². The van der Waals surface area contributed by atoms with Gasteiger partial charge in [0.05, 0.1) is 20.3 Å². The molecule has 10 nitrogen and oxygen atoms in total. The zero-order chi connectivity index (χ0) is 26.6. The van der Waals surface area contributed by atoms with Crippen LogP contribution in [0.2, 0.25) is 0 Å². The van der Waals surface area contributed by atoms with Gasteiger partial charge in [0.25, 0.3) is 5.65 Å². The minimum absolute atomic E-state index is 0.0719. The number of aromatic nitrogens is 4. The number of aliphatic hydroxyl groups excluding tert-OH is 1. The highest BCUT2D eigenvalue weighted by atomic mass is 16.5. The van der Waals surface area contributed by atoms with Crippen LogP contribution in [0.25, 0.3) is 5.65 Å². The normalized spacial score (nSPS) is 11.7. The lowest BCUT2D eigenvalue weighted by Crippen LogP contribution is -2.42. The molecule has 0 aliphatic rings. The first-order chi connectivity index (χ1) is 17.0. The monoisotopic (exact) mass is 500 g/mol. The van der Waals surface area contributed by atoms with Gasteiger partial charge in [-0.3, -0.25) is 10.5 Å². The molecule has 2 heterocycles. The molecule has 3 N–H and O–H groups in total. The number of hydrogen-bond donors (Lipinski definition) is 2. The number of unbranched alkanes of at least 4 members (excludes halogenated alkanes) is 1. The molecular formula is C26H38N5O5+. The zero-order valence-electron chi connectivity index (χ0n) is 22.3. The number of carbonyl (C=O) groups is 1. The molecule has 0 aliphatic heterocycles. The van der Waals surface area contributed by atoms with Crippen LogP contribution in [0.3, 0.4) is 0 Å². The largest absolute Gasteiger partial charge is 0.493 e. The van der Waals surface area contributed by atoms with Crippen LogP contribution in [0.15, 0.2) is 12.1 Å². The summed E-state index contributed by atoms with van der Waals surface area (Å²) in [4.78, 5) is 13.5. The summed E-state index contributed by atoms with van der Waals surface area (Å²) in [6, 6.07) is 3.54. The average molecular weight is 501 g/mol. The number of ketones is 1. The maximum absolute atomic E-state index is 13.5. The summed E-state index contributed by atoms with van der Waals surface area (Å²) in [5.41, 5.74) is 9.70. The summed E-state index contributed by atoms with van der Waals surface area (Å²) in [5.74, 6) is 1.63. The fourth-order valence-corrected chi connectivity index (χ4v) is 3.90. The number of nitrogen functional groups attached to an aromatic ring is 1. The van der Waals surface area contributed by atoms with E-state index in [-0.39, 0.29) is 30.3 Å². The number of aliphatic hydroxyl groups is 1. The lowest BCUT2D eigenvalue weighted by molar-refractivity contribution is -0.723. The van der Waals surface area contributed by atoms with Crippen LogP contribution in [0, 0.1) is 13.8 Å². The molecule has 1 aromatic carbocycles. The Hall–Kier alpha value is -3.40. The van der Waals surface area contributed by atoms with Crippen molar-refractivity contribution in [1.82, 2.24) is 14.7 Å². The van der Waals surface area contributed by atoms with Crippen molar-refractivity contribution < 1.29 is 28.8 Å². The van der Waals surface area contributed by atoms with Gasteiger partial charge in [-0.25, -0.2) is 0 Å². The number of hydrogen-bond acceptors (Lipinski definition) is 8. The third-order valence-corrected chi connectivity index (χ3v) is 6.08. The third kappa shape index (κ3) is 5.53. The number of nitrogens with zero attached hydrogens (tertiary/aromatic N) is 4. The first kappa shape index (κ1) is 27.2. The Balaban J connectivity index is 2.01. The standard InChI is InChI=1S/C26H37N5O5/c1-8-35-24-17(3)16(2)23-28-30(25(27)31(23)29-24)15-20(33)18-13-19(26(4,5)6)22(34-7)21(14-18)36-12-10-9-11-32/h13-14,27,32H,8-12,15H2,1-7H3/p+1. The molecule has 0 bridgehead atoms. The summed E-state index contributed by atoms with van der Waals surface area (Å²) >= 11 is 0. The van der Waals surface area contributed by atoms with Gasteiger partial charge in [0.2, 0.25) is 5.88 Å². The second-order valence-corrected chi connectivity index (χ2v) is 9.75. The number of aryl methyl sites for hydroxylation is 1. The van der Waals surface area contributed by atoms with E-state index in [2.05, 4.69) is 31.0 Å². The minimum Gasteiger partial charge on any atom is -0.493 e. The molecule has 0 radical (unpaired) electrons. The molecule has 0 atom stereocenters. The summed E-state index contributed by atoms with van der Waals surface area (Å²) in [6.07, 6.45) is 1.32. The number of nitrogens with two attached hydrogens (primary N) is 1. The van der Waals surface area contributed by atoms with Crippen LogP contribution in [0.1, 0.15) is 67.6 Å². The number of methoxy groups -OCH3 is 1. The van der Waals surface area contributed by atoms with Gasteiger partial charge in [0.1, 0.15) is 0 Å². The predicted molar refractivity (Wildman–Crippen MR) is 136 cm³/mol. The van der Waals surface area contributed by atoms with Gasteiger partial charge < -0.3 is 19.3 Å². The lowest BCUT2D eigenvalue weighted by Gasteiger charge is -2.25. The van der Waals surface area contributed by atoms with Crippen molar-refractivity contribution in [2.75, 3.05) is 32.7 Å². The molecule has 3 rings (SSSR count). The van der Waals surface area contributed by atoms with Gasteiger partial charge in [-0.15, -0.1) is 4.68 Å². The van der Waals surface area contributed by atoms with E-state index in [1.807, 2.05) is 26.8 Å². The molecule has 0 unspecified atom stereocenters. The number of rotatable bonds is 11. The number of carbonyl (C=O) groups excluding carboxylic acids is 1. The van der Waals surface area contributed by atoms with Crippen molar-refractivity contribution in [3.8, 4) is 17.4 Å². The Labute approximate surface area is 212 Å². The second kappa shape index (κ2) is 11.1. The molecule has 0 spiro atoms. The molecule has 0 saturated carbocycles. The first-order valence-electron chi connectivity index (χ1n) is 12.2. The molecule has 0 saturated heterocycles. The number of fused-ring (bicyclic) bond motifs is 1. The van der Waals surface area contributed by atoms with Crippen molar-refractivity contribution in [3.63, 3.8) is 0 Å². The van der Waals surface area contributed by atoms with E-state index in [9.17, 15) is 4.79 Å². The smallest absolute Gasteiger partial charge is 0.401 e. The van der Waals surface area contributed by atoms with E-state index < -0.39 is 0 Å².